The van der Waals surface area contributed by atoms with E-state index in [0.29, 0.717) is 5.92 Å². The largest absolute Gasteiger partial charge is 0.380 e. The highest BCUT2D eigenvalue weighted by atomic mass is 16.5. The second-order valence-corrected chi connectivity index (χ2v) is 6.63. The van der Waals surface area contributed by atoms with Gasteiger partial charge in [-0.3, -0.25) is 0 Å². The number of morpholine rings is 1. The van der Waals surface area contributed by atoms with Gasteiger partial charge in [0, 0.05) is 44.8 Å². The van der Waals surface area contributed by atoms with Crippen LogP contribution in [-0.4, -0.2) is 74.0 Å². The predicted octanol–water partition coefficient (Wildman–Crippen LogP) is 1.84. The maximum Gasteiger partial charge on any atom is 0.132 e. The number of ether oxygens (including phenoxy) is 2. The van der Waals surface area contributed by atoms with Crippen LogP contribution in [0, 0.1) is 6.92 Å². The highest BCUT2D eigenvalue weighted by Gasteiger charge is 2.24. The molecule has 3 rings (SSSR count). The van der Waals surface area contributed by atoms with Gasteiger partial charge in [-0.15, -0.1) is 0 Å². The first-order chi connectivity index (χ1) is 11.8. The van der Waals surface area contributed by atoms with Gasteiger partial charge in [-0.2, -0.15) is 0 Å². The molecule has 0 radical (unpaired) electrons. The number of aromatic nitrogens is 2. The van der Waals surface area contributed by atoms with Gasteiger partial charge in [-0.25, -0.2) is 9.97 Å². The number of nitrogens with zero attached hydrogens (tertiary/aromatic N) is 4. The number of hydrogen-bond acceptors (Lipinski definition) is 6. The Morgan fingerprint density at radius 1 is 1.25 bits per heavy atom. The molecule has 0 unspecified atom stereocenters. The van der Waals surface area contributed by atoms with Gasteiger partial charge in [-0.05, 0) is 33.2 Å². The Kier molecular flexibility index (Phi) is 6.40. The van der Waals surface area contributed by atoms with Gasteiger partial charge in [0.1, 0.15) is 11.6 Å². The summed E-state index contributed by atoms with van der Waals surface area (Å²) in [6.07, 6.45) is 2.44. The van der Waals surface area contributed by atoms with E-state index in [1.807, 2.05) is 6.92 Å². The first kappa shape index (κ1) is 17.6. The van der Waals surface area contributed by atoms with Gasteiger partial charge in [0.05, 0.1) is 25.5 Å². The lowest BCUT2D eigenvalue weighted by Crippen LogP contribution is -2.38. The topological polar surface area (TPSA) is 50.7 Å². The molecule has 2 fully saturated rings. The third-order valence-corrected chi connectivity index (χ3v) is 4.86. The molecule has 0 saturated carbocycles. The molecule has 1 aromatic heterocycles. The molecule has 0 aliphatic carbocycles. The summed E-state index contributed by atoms with van der Waals surface area (Å²) in [7, 11) is 0. The Balaban J connectivity index is 1.67. The average Bonchev–Trinajstić information content (AvgIpc) is 2.62. The van der Waals surface area contributed by atoms with Gasteiger partial charge in [0.2, 0.25) is 0 Å². The monoisotopic (exact) mass is 334 g/mol. The fourth-order valence-electron chi connectivity index (χ4n) is 3.58. The minimum atomic E-state index is 0.502. The van der Waals surface area contributed by atoms with E-state index < -0.39 is 0 Å². The molecule has 24 heavy (non-hydrogen) atoms. The second-order valence-electron chi connectivity index (χ2n) is 6.63. The van der Waals surface area contributed by atoms with E-state index in [1.165, 1.54) is 25.1 Å². The quantitative estimate of drug-likeness (QED) is 0.740. The van der Waals surface area contributed by atoms with Crippen molar-refractivity contribution in [3.8, 4) is 0 Å². The SMILES string of the molecule is CCOCCN1CCC[C@H](c2cc(N3CCOCC3)nc(C)n2)C1. The summed E-state index contributed by atoms with van der Waals surface area (Å²) in [5, 5.41) is 0. The Bertz CT molecular complexity index is 520. The van der Waals surface area contributed by atoms with Gasteiger partial charge < -0.3 is 19.3 Å². The third-order valence-electron chi connectivity index (χ3n) is 4.86. The summed E-state index contributed by atoms with van der Waals surface area (Å²) in [5.74, 6) is 2.44. The van der Waals surface area contributed by atoms with Gasteiger partial charge in [0.25, 0.3) is 0 Å². The first-order valence-corrected chi connectivity index (χ1v) is 9.24. The third kappa shape index (κ3) is 4.65. The maximum atomic E-state index is 5.51. The highest BCUT2D eigenvalue weighted by Crippen LogP contribution is 2.27. The average molecular weight is 334 g/mol. The number of hydrogen-bond donors (Lipinski definition) is 0. The second kappa shape index (κ2) is 8.74. The van der Waals surface area contributed by atoms with Crippen LogP contribution >= 0.6 is 0 Å². The molecule has 1 aromatic rings. The van der Waals surface area contributed by atoms with Crippen LogP contribution in [0.1, 0.15) is 37.2 Å². The van der Waals surface area contributed by atoms with Crippen LogP contribution < -0.4 is 4.90 Å². The van der Waals surface area contributed by atoms with E-state index >= 15 is 0 Å². The Hall–Kier alpha value is -1.24. The molecule has 6 nitrogen and oxygen atoms in total. The number of aryl methyl sites for hydroxylation is 1. The molecule has 2 aliphatic rings. The molecule has 0 bridgehead atoms. The van der Waals surface area contributed by atoms with Crippen molar-refractivity contribution in [3.63, 3.8) is 0 Å². The molecule has 0 spiro atoms. The fraction of sp³-hybridized carbons (Fsp3) is 0.778. The lowest BCUT2D eigenvalue weighted by Gasteiger charge is -2.33. The molecular weight excluding hydrogens is 304 g/mol. The predicted molar refractivity (Wildman–Crippen MR) is 94.7 cm³/mol. The van der Waals surface area contributed by atoms with Crippen LogP contribution in [0.3, 0.4) is 0 Å². The summed E-state index contributed by atoms with van der Waals surface area (Å²) in [6.45, 7) is 12.3. The van der Waals surface area contributed by atoms with E-state index in [1.54, 1.807) is 0 Å². The number of anilines is 1. The van der Waals surface area contributed by atoms with Crippen LogP contribution in [0.4, 0.5) is 5.82 Å². The molecule has 2 saturated heterocycles. The van der Waals surface area contributed by atoms with Crippen molar-refractivity contribution in [3.05, 3.63) is 17.6 Å². The lowest BCUT2D eigenvalue weighted by molar-refractivity contribution is 0.100. The van der Waals surface area contributed by atoms with Crippen molar-refractivity contribution in [1.29, 1.82) is 0 Å². The molecule has 0 N–H and O–H groups in total. The Morgan fingerprint density at radius 3 is 2.88 bits per heavy atom. The van der Waals surface area contributed by atoms with Crippen LogP contribution in [0.25, 0.3) is 0 Å². The number of piperidine rings is 1. The Labute approximate surface area is 145 Å². The van der Waals surface area contributed by atoms with Gasteiger partial charge in [0.15, 0.2) is 0 Å². The first-order valence-electron chi connectivity index (χ1n) is 9.24. The summed E-state index contributed by atoms with van der Waals surface area (Å²) < 4.78 is 11.0. The smallest absolute Gasteiger partial charge is 0.132 e. The van der Waals surface area contributed by atoms with Crippen LogP contribution in [0.15, 0.2) is 6.07 Å². The van der Waals surface area contributed by atoms with Crippen LogP contribution in [-0.2, 0) is 9.47 Å². The zero-order chi connectivity index (χ0) is 16.8. The van der Waals surface area contributed by atoms with Crippen molar-refractivity contribution in [1.82, 2.24) is 14.9 Å². The Morgan fingerprint density at radius 2 is 2.08 bits per heavy atom. The standard InChI is InChI=1S/C18H30N4O2/c1-3-23-10-7-21-6-4-5-16(14-21)17-13-18(20-15(2)19-17)22-8-11-24-12-9-22/h13,16H,3-12,14H2,1-2H3/t16-/m0/s1. The molecule has 3 heterocycles. The minimum Gasteiger partial charge on any atom is -0.380 e. The lowest BCUT2D eigenvalue weighted by atomic mass is 9.94. The summed E-state index contributed by atoms with van der Waals surface area (Å²) >= 11 is 0. The van der Waals surface area contributed by atoms with Crippen LogP contribution in [0.5, 0.6) is 0 Å². The molecule has 2 aliphatic heterocycles. The van der Waals surface area contributed by atoms with E-state index in [2.05, 4.69) is 27.8 Å². The summed E-state index contributed by atoms with van der Waals surface area (Å²) in [4.78, 5) is 14.2. The fourth-order valence-corrected chi connectivity index (χ4v) is 3.58. The van der Waals surface area contributed by atoms with Crippen molar-refractivity contribution >= 4 is 5.82 Å². The summed E-state index contributed by atoms with van der Waals surface area (Å²) in [6, 6.07) is 2.20. The number of rotatable bonds is 6. The van der Waals surface area contributed by atoms with Crippen LogP contribution in [0.2, 0.25) is 0 Å². The maximum absolute atomic E-state index is 5.51. The van der Waals surface area contributed by atoms with Crippen molar-refractivity contribution < 1.29 is 9.47 Å². The molecule has 6 heteroatoms. The van der Waals surface area contributed by atoms with Crippen molar-refractivity contribution in [2.45, 2.75) is 32.6 Å². The van der Waals surface area contributed by atoms with Gasteiger partial charge >= 0.3 is 0 Å². The van der Waals surface area contributed by atoms with Gasteiger partial charge in [-0.1, -0.05) is 0 Å². The summed E-state index contributed by atoms with van der Waals surface area (Å²) in [5.41, 5.74) is 1.20. The van der Waals surface area contributed by atoms with E-state index in [4.69, 9.17) is 14.5 Å². The molecule has 1 atom stereocenters. The van der Waals surface area contributed by atoms with E-state index in [-0.39, 0.29) is 0 Å². The van der Waals surface area contributed by atoms with E-state index in [0.717, 1.165) is 64.2 Å². The molecular formula is C18H30N4O2. The van der Waals surface area contributed by atoms with Crippen molar-refractivity contribution in [2.75, 3.05) is 64.1 Å². The molecule has 0 amide bonds. The minimum absolute atomic E-state index is 0.502. The zero-order valence-corrected chi connectivity index (χ0v) is 15.0. The molecule has 0 aromatic carbocycles. The zero-order valence-electron chi connectivity index (χ0n) is 15.0. The highest BCUT2D eigenvalue weighted by molar-refractivity contribution is 5.41. The molecule has 134 valence electrons. The van der Waals surface area contributed by atoms with E-state index in [9.17, 15) is 0 Å². The number of likely N-dealkylation sites (tertiary alicyclic amines) is 1. The van der Waals surface area contributed by atoms with Crippen molar-refractivity contribution in [2.24, 2.45) is 0 Å². The normalized spacial score (nSPS) is 22.8.